The van der Waals surface area contributed by atoms with Gasteiger partial charge in [-0.05, 0) is 47.4 Å². The molecule has 5 nitrogen and oxygen atoms in total. The Morgan fingerprint density at radius 3 is 2.63 bits per heavy atom. The third kappa shape index (κ3) is 5.66. The lowest BCUT2D eigenvalue weighted by molar-refractivity contribution is 0.410. The van der Waals surface area contributed by atoms with Crippen molar-refractivity contribution >= 4 is 38.4 Å². The summed E-state index contributed by atoms with van der Waals surface area (Å²) < 4.78 is 32.2. The number of hydrogen-bond donors (Lipinski definition) is 2. The van der Waals surface area contributed by atoms with Gasteiger partial charge in [-0.3, -0.25) is 0 Å². The van der Waals surface area contributed by atoms with Gasteiger partial charge in [0.05, 0.1) is 16.5 Å². The van der Waals surface area contributed by atoms with Crippen molar-refractivity contribution in [3.8, 4) is 5.75 Å². The van der Waals surface area contributed by atoms with Crippen molar-refractivity contribution in [3.63, 3.8) is 0 Å². The molecule has 0 aliphatic heterocycles. The van der Waals surface area contributed by atoms with Crippen LogP contribution in [0.5, 0.6) is 5.75 Å². The second-order valence-electron chi connectivity index (χ2n) is 3.69. The van der Waals surface area contributed by atoms with Crippen molar-refractivity contribution in [1.29, 1.82) is 0 Å². The lowest BCUT2D eigenvalue weighted by Crippen LogP contribution is -2.25. The fourth-order valence-electron chi connectivity index (χ4n) is 1.37. The zero-order valence-corrected chi connectivity index (χ0v) is 13.8. The van der Waals surface area contributed by atoms with Gasteiger partial charge in [0.2, 0.25) is 10.0 Å². The first-order valence-corrected chi connectivity index (χ1v) is 7.82. The molecule has 110 valence electrons. The molecule has 0 unspecified atom stereocenters. The van der Waals surface area contributed by atoms with Crippen LogP contribution in [0.15, 0.2) is 27.6 Å². The van der Waals surface area contributed by atoms with E-state index in [2.05, 4.69) is 20.7 Å². The monoisotopic (exact) mass is 372 g/mol. The number of rotatable bonds is 7. The van der Waals surface area contributed by atoms with Crippen molar-refractivity contribution in [2.24, 2.45) is 5.73 Å². The Balaban J connectivity index is 0.00000324. The first-order valence-electron chi connectivity index (χ1n) is 5.54. The summed E-state index contributed by atoms with van der Waals surface area (Å²) in [6.07, 6.45) is 1.52. The Hall–Kier alpha value is -0.340. The predicted molar refractivity (Wildman–Crippen MR) is 81.4 cm³/mol. The van der Waals surface area contributed by atoms with E-state index in [-0.39, 0.29) is 17.3 Å². The minimum Gasteiger partial charge on any atom is -0.496 e. The molecule has 1 rings (SSSR count). The van der Waals surface area contributed by atoms with Gasteiger partial charge in [0, 0.05) is 12.6 Å². The van der Waals surface area contributed by atoms with Gasteiger partial charge in [0.1, 0.15) is 5.75 Å². The predicted octanol–water partition coefficient (Wildman–Crippen LogP) is 1.90. The van der Waals surface area contributed by atoms with Crippen LogP contribution in [0, 0.1) is 0 Å². The third-order valence-electron chi connectivity index (χ3n) is 2.36. The van der Waals surface area contributed by atoms with Crippen LogP contribution in [-0.4, -0.2) is 28.6 Å². The minimum absolute atomic E-state index is 0. The van der Waals surface area contributed by atoms with E-state index in [0.717, 1.165) is 12.8 Å². The smallest absolute Gasteiger partial charge is 0.240 e. The summed E-state index contributed by atoms with van der Waals surface area (Å²) in [7, 11) is -1.99. The summed E-state index contributed by atoms with van der Waals surface area (Å²) in [4.78, 5) is 0.190. The van der Waals surface area contributed by atoms with Crippen LogP contribution in [0.4, 0.5) is 0 Å². The maximum atomic E-state index is 12.0. The number of unbranched alkanes of at least 4 members (excludes halogenated alkanes) is 1. The van der Waals surface area contributed by atoms with E-state index >= 15 is 0 Å². The van der Waals surface area contributed by atoms with Gasteiger partial charge in [-0.15, -0.1) is 12.4 Å². The summed E-state index contributed by atoms with van der Waals surface area (Å²) in [6, 6.07) is 4.65. The van der Waals surface area contributed by atoms with E-state index in [9.17, 15) is 8.42 Å². The molecular formula is C11H18BrClN2O3S. The van der Waals surface area contributed by atoms with Crippen molar-refractivity contribution < 1.29 is 13.2 Å². The number of ether oxygens (including phenoxy) is 1. The zero-order valence-electron chi connectivity index (χ0n) is 10.6. The van der Waals surface area contributed by atoms with Gasteiger partial charge < -0.3 is 10.5 Å². The highest BCUT2D eigenvalue weighted by Gasteiger charge is 2.15. The summed E-state index contributed by atoms with van der Waals surface area (Å²) in [5.41, 5.74) is 5.35. The highest BCUT2D eigenvalue weighted by Crippen LogP contribution is 2.27. The average molecular weight is 374 g/mol. The number of hydrogen-bond acceptors (Lipinski definition) is 4. The molecule has 1 aromatic rings. The third-order valence-corrected chi connectivity index (χ3v) is 4.47. The van der Waals surface area contributed by atoms with Gasteiger partial charge in [-0.2, -0.15) is 0 Å². The van der Waals surface area contributed by atoms with Crippen molar-refractivity contribution in [3.05, 3.63) is 22.7 Å². The topological polar surface area (TPSA) is 81.4 Å². The number of benzene rings is 1. The van der Waals surface area contributed by atoms with Crippen LogP contribution in [-0.2, 0) is 10.0 Å². The van der Waals surface area contributed by atoms with Gasteiger partial charge in [-0.25, -0.2) is 13.1 Å². The van der Waals surface area contributed by atoms with Gasteiger partial charge in [0.15, 0.2) is 0 Å². The molecule has 0 fully saturated rings. The van der Waals surface area contributed by atoms with Gasteiger partial charge in [0.25, 0.3) is 0 Å². The van der Waals surface area contributed by atoms with E-state index in [1.807, 2.05) is 0 Å². The quantitative estimate of drug-likeness (QED) is 0.715. The molecule has 0 saturated carbocycles. The van der Waals surface area contributed by atoms with Crippen LogP contribution in [0.2, 0.25) is 0 Å². The molecule has 0 bridgehead atoms. The lowest BCUT2D eigenvalue weighted by Gasteiger charge is -2.09. The number of halogens is 2. The van der Waals surface area contributed by atoms with Gasteiger partial charge in [-0.1, -0.05) is 0 Å². The molecule has 0 amide bonds. The van der Waals surface area contributed by atoms with Crippen molar-refractivity contribution in [1.82, 2.24) is 4.72 Å². The molecule has 0 spiro atoms. The van der Waals surface area contributed by atoms with Crippen LogP contribution >= 0.6 is 28.3 Å². The Bertz CT molecular complexity index is 497. The number of sulfonamides is 1. The normalized spacial score (nSPS) is 10.9. The molecule has 19 heavy (non-hydrogen) atoms. The van der Waals surface area contributed by atoms with Crippen LogP contribution < -0.4 is 15.2 Å². The summed E-state index contributed by atoms with van der Waals surface area (Å²) in [5.74, 6) is 0.486. The first kappa shape index (κ1) is 18.7. The number of nitrogens with two attached hydrogens (primary N) is 1. The Morgan fingerprint density at radius 2 is 2.05 bits per heavy atom. The summed E-state index contributed by atoms with van der Waals surface area (Å²) in [6.45, 7) is 0.950. The molecule has 0 aromatic heterocycles. The Morgan fingerprint density at radius 1 is 1.37 bits per heavy atom. The van der Waals surface area contributed by atoms with E-state index in [0.29, 0.717) is 23.3 Å². The molecular weight excluding hydrogens is 356 g/mol. The zero-order chi connectivity index (χ0) is 13.6. The average Bonchev–Trinajstić information content (AvgIpc) is 2.35. The lowest BCUT2D eigenvalue weighted by atomic mass is 10.3. The van der Waals surface area contributed by atoms with Gasteiger partial charge >= 0.3 is 0 Å². The fraction of sp³-hybridized carbons (Fsp3) is 0.455. The second-order valence-corrected chi connectivity index (χ2v) is 6.31. The Kier molecular flexibility index (Phi) is 8.60. The molecule has 0 saturated heterocycles. The maximum Gasteiger partial charge on any atom is 0.240 e. The molecule has 0 radical (unpaired) electrons. The number of methoxy groups -OCH3 is 1. The van der Waals surface area contributed by atoms with Crippen LogP contribution in [0.3, 0.4) is 0 Å². The first-order chi connectivity index (χ1) is 8.51. The molecule has 1 aromatic carbocycles. The summed E-state index contributed by atoms with van der Waals surface area (Å²) in [5, 5.41) is 0. The summed E-state index contributed by atoms with van der Waals surface area (Å²) >= 11 is 3.28. The van der Waals surface area contributed by atoms with Crippen LogP contribution in [0.25, 0.3) is 0 Å². The minimum atomic E-state index is -3.48. The van der Waals surface area contributed by atoms with E-state index < -0.39 is 10.0 Å². The highest BCUT2D eigenvalue weighted by molar-refractivity contribution is 9.10. The molecule has 0 atom stereocenters. The van der Waals surface area contributed by atoms with Crippen molar-refractivity contribution in [2.75, 3.05) is 20.2 Å². The van der Waals surface area contributed by atoms with E-state index in [4.69, 9.17) is 10.5 Å². The molecule has 3 N–H and O–H groups in total. The molecule has 0 aliphatic rings. The molecule has 0 aliphatic carbocycles. The standard InChI is InChI=1S/C11H17BrN2O3S.ClH/c1-17-11-8-9(4-5-10(11)12)18(15,16)14-7-3-2-6-13;/h4-5,8,14H,2-3,6-7,13H2,1H3;1H. The van der Waals surface area contributed by atoms with Crippen molar-refractivity contribution in [2.45, 2.75) is 17.7 Å². The largest absolute Gasteiger partial charge is 0.496 e. The SMILES string of the molecule is COc1cc(S(=O)(=O)NCCCCN)ccc1Br.Cl. The molecule has 0 heterocycles. The Labute approximate surface area is 128 Å². The van der Waals surface area contributed by atoms with E-state index in [1.165, 1.54) is 19.2 Å². The molecule has 8 heteroatoms. The number of nitrogens with one attached hydrogen (secondary N) is 1. The van der Waals surface area contributed by atoms with Crippen LogP contribution in [0.1, 0.15) is 12.8 Å². The second kappa shape index (κ2) is 8.76. The van der Waals surface area contributed by atoms with E-state index in [1.54, 1.807) is 6.07 Å². The maximum absolute atomic E-state index is 12.0. The highest BCUT2D eigenvalue weighted by atomic mass is 79.9. The fourth-order valence-corrected chi connectivity index (χ4v) is 2.86.